The highest BCUT2D eigenvalue weighted by molar-refractivity contribution is 7.88. The number of rotatable bonds is 3. The third kappa shape index (κ3) is 3.81. The molecular formula is C14H16F3N3O2S2. The second-order valence-electron chi connectivity index (χ2n) is 5.80. The maximum Gasteiger partial charge on any atom is 0.418 e. The number of hydrogen-bond acceptors (Lipinski definition) is 5. The van der Waals surface area contributed by atoms with E-state index in [1.54, 1.807) is 6.07 Å². The number of thiazole rings is 1. The summed E-state index contributed by atoms with van der Waals surface area (Å²) in [6.45, 7) is 1.10. The molecule has 0 bridgehead atoms. The number of para-hydroxylation sites is 1. The lowest BCUT2D eigenvalue weighted by Crippen LogP contribution is -2.44. The minimum atomic E-state index is -4.43. The average molecular weight is 379 g/mol. The van der Waals surface area contributed by atoms with Crippen LogP contribution in [0.4, 0.5) is 18.3 Å². The Kier molecular flexibility index (Phi) is 4.47. The van der Waals surface area contributed by atoms with Crippen molar-refractivity contribution < 1.29 is 21.6 Å². The number of anilines is 1. The maximum absolute atomic E-state index is 13.1. The van der Waals surface area contributed by atoms with Crippen molar-refractivity contribution in [1.82, 2.24) is 9.71 Å². The van der Waals surface area contributed by atoms with Crippen molar-refractivity contribution in [2.75, 3.05) is 24.2 Å². The van der Waals surface area contributed by atoms with Gasteiger partial charge in [0.2, 0.25) is 10.0 Å². The molecule has 1 aliphatic heterocycles. The standard InChI is InChI=1S/C14H16F3N3O2S2/c1-24(21,22)19-9-5-7-20(8-6-9)13-18-12-10(14(15,16)17)3-2-4-11(12)23-13/h2-4,9,19H,5-8H2,1H3. The quantitative estimate of drug-likeness (QED) is 0.891. The molecule has 10 heteroatoms. The second-order valence-corrected chi connectivity index (χ2v) is 8.59. The van der Waals surface area contributed by atoms with Gasteiger partial charge in [-0.15, -0.1) is 0 Å². The molecule has 0 unspecified atom stereocenters. The Bertz CT molecular complexity index is 841. The molecule has 0 aliphatic carbocycles. The molecule has 1 aromatic heterocycles. The van der Waals surface area contributed by atoms with Gasteiger partial charge in [-0.1, -0.05) is 17.4 Å². The smallest absolute Gasteiger partial charge is 0.348 e. The lowest BCUT2D eigenvalue weighted by molar-refractivity contribution is -0.136. The number of nitrogens with one attached hydrogen (secondary N) is 1. The van der Waals surface area contributed by atoms with Crippen molar-refractivity contribution in [3.8, 4) is 0 Å². The Morgan fingerprint density at radius 3 is 2.54 bits per heavy atom. The Hall–Kier alpha value is -1.39. The van der Waals surface area contributed by atoms with E-state index in [2.05, 4.69) is 9.71 Å². The highest BCUT2D eigenvalue weighted by atomic mass is 32.2. The summed E-state index contributed by atoms with van der Waals surface area (Å²) in [6, 6.07) is 3.91. The number of hydrogen-bond donors (Lipinski definition) is 1. The summed E-state index contributed by atoms with van der Waals surface area (Å²) in [6.07, 6.45) is -2.13. The zero-order chi connectivity index (χ0) is 17.5. The van der Waals surface area contributed by atoms with Crippen LogP contribution in [0, 0.1) is 0 Å². The van der Waals surface area contributed by atoms with E-state index in [1.807, 2.05) is 4.90 Å². The molecule has 0 saturated carbocycles. The fourth-order valence-corrected chi connectivity index (χ4v) is 4.68. The van der Waals surface area contributed by atoms with Crippen molar-refractivity contribution in [2.24, 2.45) is 0 Å². The second kappa shape index (κ2) is 6.16. The van der Waals surface area contributed by atoms with Gasteiger partial charge in [-0.2, -0.15) is 13.2 Å². The van der Waals surface area contributed by atoms with E-state index in [0.717, 1.165) is 12.3 Å². The Morgan fingerprint density at radius 2 is 1.96 bits per heavy atom. The van der Waals surface area contributed by atoms with E-state index in [1.165, 1.54) is 17.4 Å². The largest absolute Gasteiger partial charge is 0.418 e. The average Bonchev–Trinajstić information content (AvgIpc) is 2.88. The van der Waals surface area contributed by atoms with Gasteiger partial charge in [0.05, 0.1) is 22.0 Å². The lowest BCUT2D eigenvalue weighted by atomic mass is 10.1. The lowest BCUT2D eigenvalue weighted by Gasteiger charge is -2.31. The molecule has 1 aromatic carbocycles. The van der Waals surface area contributed by atoms with Crippen LogP contribution in [-0.4, -0.2) is 38.8 Å². The van der Waals surface area contributed by atoms with Crippen molar-refractivity contribution in [1.29, 1.82) is 0 Å². The third-order valence-corrected chi connectivity index (χ3v) is 5.70. The highest BCUT2D eigenvalue weighted by Crippen LogP contribution is 2.38. The molecule has 1 saturated heterocycles. The molecule has 132 valence electrons. The van der Waals surface area contributed by atoms with Gasteiger partial charge < -0.3 is 4.90 Å². The summed E-state index contributed by atoms with van der Waals surface area (Å²) in [5, 5.41) is 0.541. The molecule has 1 N–H and O–H groups in total. The third-order valence-electron chi connectivity index (χ3n) is 3.86. The first-order chi connectivity index (χ1) is 11.1. The van der Waals surface area contributed by atoms with Gasteiger partial charge in [-0.25, -0.2) is 18.1 Å². The van der Waals surface area contributed by atoms with E-state index in [0.29, 0.717) is 35.8 Å². The summed E-state index contributed by atoms with van der Waals surface area (Å²) in [5.74, 6) is 0. The number of fused-ring (bicyclic) bond motifs is 1. The summed E-state index contributed by atoms with van der Waals surface area (Å²) in [4.78, 5) is 6.10. The number of benzene rings is 1. The minimum Gasteiger partial charge on any atom is -0.348 e. The molecule has 1 aliphatic rings. The van der Waals surface area contributed by atoms with E-state index in [9.17, 15) is 21.6 Å². The van der Waals surface area contributed by atoms with Gasteiger partial charge in [0, 0.05) is 19.1 Å². The van der Waals surface area contributed by atoms with Crippen molar-refractivity contribution >= 4 is 36.7 Å². The molecule has 0 spiro atoms. The predicted octanol–water partition coefficient (Wildman–Crippen LogP) is 2.83. The van der Waals surface area contributed by atoms with Gasteiger partial charge >= 0.3 is 6.18 Å². The van der Waals surface area contributed by atoms with Crippen LogP contribution in [0.1, 0.15) is 18.4 Å². The minimum absolute atomic E-state index is 0.0265. The molecule has 2 aromatic rings. The summed E-state index contributed by atoms with van der Waals surface area (Å²) >= 11 is 1.22. The number of halogens is 3. The molecule has 0 amide bonds. The first-order valence-corrected chi connectivity index (χ1v) is 10.0. The Balaban J connectivity index is 1.80. The van der Waals surface area contributed by atoms with Gasteiger partial charge in [0.1, 0.15) is 0 Å². The van der Waals surface area contributed by atoms with E-state index in [-0.39, 0.29) is 11.6 Å². The molecular weight excluding hydrogens is 363 g/mol. The van der Waals surface area contributed by atoms with Gasteiger partial charge in [-0.3, -0.25) is 0 Å². The van der Waals surface area contributed by atoms with Gasteiger partial charge in [-0.05, 0) is 25.0 Å². The number of piperidine rings is 1. The van der Waals surface area contributed by atoms with Crippen molar-refractivity contribution in [3.05, 3.63) is 23.8 Å². The fourth-order valence-electron chi connectivity index (χ4n) is 2.79. The topological polar surface area (TPSA) is 62.3 Å². The van der Waals surface area contributed by atoms with E-state index in [4.69, 9.17) is 0 Å². The van der Waals surface area contributed by atoms with Crippen LogP contribution in [0.3, 0.4) is 0 Å². The normalized spacial score (nSPS) is 17.6. The summed E-state index contributed by atoms with van der Waals surface area (Å²) in [7, 11) is -3.25. The van der Waals surface area contributed by atoms with Crippen LogP contribution < -0.4 is 9.62 Å². The summed E-state index contributed by atoms with van der Waals surface area (Å²) in [5.41, 5.74) is -0.752. The first-order valence-electron chi connectivity index (χ1n) is 7.32. The molecule has 0 radical (unpaired) electrons. The molecule has 1 fully saturated rings. The Morgan fingerprint density at radius 1 is 1.29 bits per heavy atom. The van der Waals surface area contributed by atoms with Gasteiger partial charge in [0.25, 0.3) is 0 Å². The van der Waals surface area contributed by atoms with Gasteiger partial charge in [0.15, 0.2) is 5.13 Å². The van der Waals surface area contributed by atoms with Crippen LogP contribution in [0.5, 0.6) is 0 Å². The van der Waals surface area contributed by atoms with Crippen LogP contribution in [0.2, 0.25) is 0 Å². The molecule has 0 atom stereocenters. The monoisotopic (exact) mass is 379 g/mol. The zero-order valence-electron chi connectivity index (χ0n) is 12.8. The Labute approximate surface area is 141 Å². The van der Waals surface area contributed by atoms with Crippen LogP contribution >= 0.6 is 11.3 Å². The van der Waals surface area contributed by atoms with Crippen LogP contribution in [0.15, 0.2) is 18.2 Å². The molecule has 2 heterocycles. The fraction of sp³-hybridized carbons (Fsp3) is 0.500. The molecule has 24 heavy (non-hydrogen) atoms. The number of aromatic nitrogens is 1. The van der Waals surface area contributed by atoms with Crippen LogP contribution in [-0.2, 0) is 16.2 Å². The van der Waals surface area contributed by atoms with E-state index < -0.39 is 21.8 Å². The first kappa shape index (κ1) is 17.4. The molecule has 5 nitrogen and oxygen atoms in total. The maximum atomic E-state index is 13.1. The number of sulfonamides is 1. The number of nitrogens with zero attached hydrogens (tertiary/aromatic N) is 2. The van der Waals surface area contributed by atoms with E-state index >= 15 is 0 Å². The summed E-state index contributed by atoms with van der Waals surface area (Å²) < 4.78 is 64.8. The number of alkyl halides is 3. The zero-order valence-corrected chi connectivity index (χ0v) is 14.4. The molecule has 3 rings (SSSR count). The van der Waals surface area contributed by atoms with Crippen LogP contribution in [0.25, 0.3) is 10.2 Å². The van der Waals surface area contributed by atoms with Crippen molar-refractivity contribution in [3.63, 3.8) is 0 Å². The predicted molar refractivity (Wildman–Crippen MR) is 87.8 cm³/mol. The van der Waals surface area contributed by atoms with Crippen molar-refractivity contribution in [2.45, 2.75) is 25.1 Å². The SMILES string of the molecule is CS(=O)(=O)NC1CCN(c2nc3c(C(F)(F)F)cccc3s2)CC1. The highest BCUT2D eigenvalue weighted by Gasteiger charge is 2.34.